The second-order valence-corrected chi connectivity index (χ2v) is 5.58. The molecule has 0 aliphatic carbocycles. The number of nitrogens with one attached hydrogen (secondary N) is 2. The van der Waals surface area contributed by atoms with Gasteiger partial charge in [-0.05, 0) is 30.2 Å². The van der Waals surface area contributed by atoms with Gasteiger partial charge in [0.25, 0.3) is 0 Å². The van der Waals surface area contributed by atoms with Crippen molar-refractivity contribution in [1.29, 1.82) is 0 Å². The van der Waals surface area contributed by atoms with Gasteiger partial charge >= 0.3 is 6.03 Å². The molecule has 0 radical (unpaired) electrons. The monoisotopic (exact) mass is 374 g/mol. The van der Waals surface area contributed by atoms with Gasteiger partial charge in [0.2, 0.25) is 5.75 Å². The number of urea groups is 1. The first kappa shape index (κ1) is 20.2. The maximum Gasteiger partial charge on any atom is 0.314 e. The topological polar surface area (TPSA) is 78.1 Å². The maximum absolute atomic E-state index is 11.9. The van der Waals surface area contributed by atoms with Crippen LogP contribution in [0.3, 0.4) is 0 Å². The van der Waals surface area contributed by atoms with E-state index in [0.29, 0.717) is 43.4 Å². The third-order valence-corrected chi connectivity index (χ3v) is 3.88. The largest absolute Gasteiger partial charge is 0.496 e. The SMILES string of the molecule is COc1ccccc1CCNC(=O)NCCOc1cccc(OC)c1OC. The van der Waals surface area contributed by atoms with Crippen LogP contribution in [-0.2, 0) is 6.42 Å². The third-order valence-electron chi connectivity index (χ3n) is 3.88. The summed E-state index contributed by atoms with van der Waals surface area (Å²) in [7, 11) is 4.76. The molecule has 146 valence electrons. The lowest BCUT2D eigenvalue weighted by Crippen LogP contribution is -2.38. The minimum absolute atomic E-state index is 0.244. The fourth-order valence-electron chi connectivity index (χ4n) is 2.58. The summed E-state index contributed by atoms with van der Waals surface area (Å²) in [5.74, 6) is 2.51. The normalized spacial score (nSPS) is 10.0. The summed E-state index contributed by atoms with van der Waals surface area (Å²) in [6, 6.07) is 12.9. The van der Waals surface area contributed by atoms with E-state index in [4.69, 9.17) is 18.9 Å². The van der Waals surface area contributed by atoms with Crippen molar-refractivity contribution in [3.05, 3.63) is 48.0 Å². The summed E-state index contributed by atoms with van der Waals surface area (Å²) in [6.07, 6.45) is 0.689. The number of rotatable bonds is 10. The average molecular weight is 374 g/mol. The first-order chi connectivity index (χ1) is 13.2. The lowest BCUT2D eigenvalue weighted by Gasteiger charge is -2.14. The van der Waals surface area contributed by atoms with E-state index in [0.717, 1.165) is 11.3 Å². The molecule has 2 rings (SSSR count). The summed E-state index contributed by atoms with van der Waals surface area (Å²) >= 11 is 0. The number of amides is 2. The smallest absolute Gasteiger partial charge is 0.314 e. The highest BCUT2D eigenvalue weighted by Crippen LogP contribution is 2.36. The predicted octanol–water partition coefficient (Wildman–Crippen LogP) is 2.63. The van der Waals surface area contributed by atoms with Crippen molar-refractivity contribution in [3.8, 4) is 23.0 Å². The molecule has 0 unspecified atom stereocenters. The zero-order chi connectivity index (χ0) is 19.5. The molecule has 0 heterocycles. The highest BCUT2D eigenvalue weighted by molar-refractivity contribution is 5.73. The van der Waals surface area contributed by atoms with E-state index >= 15 is 0 Å². The Bertz CT molecular complexity index is 736. The molecular formula is C20H26N2O5. The minimum Gasteiger partial charge on any atom is -0.496 e. The fraction of sp³-hybridized carbons (Fsp3) is 0.350. The van der Waals surface area contributed by atoms with E-state index < -0.39 is 0 Å². The molecule has 2 amide bonds. The van der Waals surface area contributed by atoms with E-state index in [-0.39, 0.29) is 6.03 Å². The Labute approximate surface area is 159 Å². The number of hydrogen-bond donors (Lipinski definition) is 2. The Morgan fingerprint density at radius 2 is 1.48 bits per heavy atom. The van der Waals surface area contributed by atoms with Gasteiger partial charge in [-0.2, -0.15) is 0 Å². The van der Waals surface area contributed by atoms with Crippen molar-refractivity contribution in [1.82, 2.24) is 10.6 Å². The molecular weight excluding hydrogens is 348 g/mol. The lowest BCUT2D eigenvalue weighted by molar-refractivity contribution is 0.235. The van der Waals surface area contributed by atoms with E-state index in [1.54, 1.807) is 33.5 Å². The quantitative estimate of drug-likeness (QED) is 0.625. The van der Waals surface area contributed by atoms with Crippen LogP contribution in [0, 0.1) is 0 Å². The first-order valence-electron chi connectivity index (χ1n) is 8.67. The Hall–Kier alpha value is -3.09. The Morgan fingerprint density at radius 3 is 2.22 bits per heavy atom. The van der Waals surface area contributed by atoms with Gasteiger partial charge in [-0.3, -0.25) is 0 Å². The van der Waals surface area contributed by atoms with Crippen molar-refractivity contribution < 1.29 is 23.7 Å². The third kappa shape index (κ3) is 5.99. The van der Waals surface area contributed by atoms with Gasteiger partial charge in [0.05, 0.1) is 27.9 Å². The van der Waals surface area contributed by atoms with Crippen LogP contribution in [0.4, 0.5) is 4.79 Å². The van der Waals surface area contributed by atoms with E-state index in [2.05, 4.69) is 10.6 Å². The van der Waals surface area contributed by atoms with Crippen LogP contribution in [0.5, 0.6) is 23.0 Å². The van der Waals surface area contributed by atoms with Crippen molar-refractivity contribution >= 4 is 6.03 Å². The molecule has 0 spiro atoms. The highest BCUT2D eigenvalue weighted by Gasteiger charge is 2.10. The second kappa shape index (κ2) is 10.8. The van der Waals surface area contributed by atoms with Crippen LogP contribution in [-0.4, -0.2) is 47.1 Å². The van der Waals surface area contributed by atoms with E-state index in [1.807, 2.05) is 30.3 Å². The van der Waals surface area contributed by atoms with Crippen molar-refractivity contribution in [2.45, 2.75) is 6.42 Å². The Morgan fingerprint density at radius 1 is 0.815 bits per heavy atom. The standard InChI is InChI=1S/C20H26N2O5/c1-24-16-8-5-4-7-15(16)11-12-21-20(23)22-13-14-27-18-10-6-9-17(25-2)19(18)26-3/h4-10H,11-14H2,1-3H3,(H2,21,22,23). The molecule has 2 aromatic carbocycles. The molecule has 0 fully saturated rings. The molecule has 0 aromatic heterocycles. The molecule has 0 saturated carbocycles. The van der Waals surface area contributed by atoms with Gasteiger partial charge in [0, 0.05) is 6.54 Å². The van der Waals surface area contributed by atoms with Gasteiger partial charge < -0.3 is 29.6 Å². The number of methoxy groups -OCH3 is 3. The molecule has 2 N–H and O–H groups in total. The minimum atomic E-state index is -0.244. The van der Waals surface area contributed by atoms with Crippen LogP contribution < -0.4 is 29.6 Å². The first-order valence-corrected chi connectivity index (χ1v) is 8.67. The molecule has 0 aliphatic heterocycles. The zero-order valence-corrected chi connectivity index (χ0v) is 15.9. The van der Waals surface area contributed by atoms with Crippen molar-refractivity contribution in [2.75, 3.05) is 41.0 Å². The Kier molecular flexibility index (Phi) is 8.09. The lowest BCUT2D eigenvalue weighted by atomic mass is 10.1. The molecule has 7 nitrogen and oxygen atoms in total. The number of ether oxygens (including phenoxy) is 4. The molecule has 0 saturated heterocycles. The second-order valence-electron chi connectivity index (χ2n) is 5.58. The number of benzene rings is 2. The maximum atomic E-state index is 11.9. The average Bonchev–Trinajstić information content (AvgIpc) is 2.71. The fourth-order valence-corrected chi connectivity index (χ4v) is 2.58. The number of carbonyl (C=O) groups is 1. The summed E-state index contributed by atoms with van der Waals surface area (Å²) in [4.78, 5) is 11.9. The molecule has 2 aromatic rings. The van der Waals surface area contributed by atoms with Crippen molar-refractivity contribution in [3.63, 3.8) is 0 Å². The van der Waals surface area contributed by atoms with Gasteiger partial charge in [0.15, 0.2) is 11.5 Å². The molecule has 0 bridgehead atoms. The number of para-hydroxylation sites is 2. The van der Waals surface area contributed by atoms with Crippen LogP contribution in [0.25, 0.3) is 0 Å². The van der Waals surface area contributed by atoms with Gasteiger partial charge in [-0.15, -0.1) is 0 Å². The molecule has 0 aliphatic rings. The van der Waals surface area contributed by atoms with Gasteiger partial charge in [-0.25, -0.2) is 4.79 Å². The number of hydrogen-bond acceptors (Lipinski definition) is 5. The summed E-state index contributed by atoms with van der Waals surface area (Å²) in [5, 5.41) is 5.57. The van der Waals surface area contributed by atoms with E-state index in [1.165, 1.54) is 0 Å². The van der Waals surface area contributed by atoms with Crippen LogP contribution in [0.2, 0.25) is 0 Å². The predicted molar refractivity (Wildman–Crippen MR) is 103 cm³/mol. The number of carbonyl (C=O) groups excluding carboxylic acids is 1. The summed E-state index contributed by atoms with van der Waals surface area (Å²) in [5.41, 5.74) is 1.05. The summed E-state index contributed by atoms with van der Waals surface area (Å²) < 4.78 is 21.5. The molecule has 7 heteroatoms. The van der Waals surface area contributed by atoms with Gasteiger partial charge in [-0.1, -0.05) is 24.3 Å². The molecule has 0 atom stereocenters. The summed E-state index contributed by atoms with van der Waals surface area (Å²) in [6.45, 7) is 1.18. The highest BCUT2D eigenvalue weighted by atomic mass is 16.5. The van der Waals surface area contributed by atoms with Crippen molar-refractivity contribution in [2.24, 2.45) is 0 Å². The van der Waals surface area contributed by atoms with Gasteiger partial charge in [0.1, 0.15) is 12.4 Å². The molecule has 27 heavy (non-hydrogen) atoms. The zero-order valence-electron chi connectivity index (χ0n) is 15.9. The van der Waals surface area contributed by atoms with Crippen LogP contribution in [0.15, 0.2) is 42.5 Å². The van der Waals surface area contributed by atoms with E-state index in [9.17, 15) is 4.79 Å². The Balaban J connectivity index is 1.69. The van der Waals surface area contributed by atoms with Crippen LogP contribution >= 0.6 is 0 Å². The van der Waals surface area contributed by atoms with Crippen LogP contribution in [0.1, 0.15) is 5.56 Å².